The van der Waals surface area contributed by atoms with Gasteiger partial charge in [0, 0.05) is 23.1 Å². The Bertz CT molecular complexity index is 599. The Balaban J connectivity index is 1.55. The lowest BCUT2D eigenvalue weighted by Gasteiger charge is -2.05. The molecular weight excluding hydrogens is 327 g/mol. The lowest BCUT2D eigenvalue weighted by molar-refractivity contribution is 0.239. The monoisotopic (exact) mass is 340 g/mol. The van der Waals surface area contributed by atoms with E-state index in [4.69, 9.17) is 9.26 Å². The first-order valence-electron chi connectivity index (χ1n) is 6.46. The van der Waals surface area contributed by atoms with E-state index in [0.717, 1.165) is 10.2 Å². The molecule has 0 bridgehead atoms. The summed E-state index contributed by atoms with van der Waals surface area (Å²) >= 11 is 3.28. The fraction of sp³-hybridized carbons (Fsp3) is 0.357. The molecule has 0 spiro atoms. The summed E-state index contributed by atoms with van der Waals surface area (Å²) in [4.78, 5) is 0. The first-order chi connectivity index (χ1) is 9.70. The van der Waals surface area contributed by atoms with Crippen LogP contribution in [-0.4, -0.2) is 11.2 Å². The van der Waals surface area contributed by atoms with Gasteiger partial charge in [0.1, 0.15) is 6.61 Å². The van der Waals surface area contributed by atoms with Gasteiger partial charge in [0.2, 0.25) is 0 Å². The van der Waals surface area contributed by atoms with Crippen molar-refractivity contribution in [3.8, 4) is 5.75 Å². The molecule has 1 aliphatic rings. The van der Waals surface area contributed by atoms with E-state index >= 15 is 0 Å². The summed E-state index contributed by atoms with van der Waals surface area (Å²) in [6.07, 6.45) is 2.46. The van der Waals surface area contributed by atoms with Gasteiger partial charge in [0.25, 0.3) is 0 Å². The number of halogens is 2. The van der Waals surface area contributed by atoms with E-state index in [1.165, 1.54) is 18.9 Å². The molecule has 2 aromatic rings. The second kappa shape index (κ2) is 5.93. The standard InChI is InChI=1S/C14H14BrFN2O2/c15-9-1-4-13(16)14(5-9)19-8-12-6-11(18-20-12)7-17-10-2-3-10/h1,4-6,10,17H,2-3,7-8H2. The molecule has 1 aromatic carbocycles. The van der Waals surface area contributed by atoms with Gasteiger partial charge < -0.3 is 14.6 Å². The molecule has 1 aromatic heterocycles. The summed E-state index contributed by atoms with van der Waals surface area (Å²) in [5.41, 5.74) is 0.838. The van der Waals surface area contributed by atoms with E-state index in [0.29, 0.717) is 18.3 Å². The van der Waals surface area contributed by atoms with E-state index in [2.05, 4.69) is 26.4 Å². The second-order valence-corrected chi connectivity index (χ2v) is 5.72. The van der Waals surface area contributed by atoms with Crippen molar-refractivity contribution < 1.29 is 13.7 Å². The van der Waals surface area contributed by atoms with Crippen molar-refractivity contribution in [2.45, 2.75) is 32.0 Å². The van der Waals surface area contributed by atoms with Crippen LogP contribution in [0.1, 0.15) is 24.3 Å². The van der Waals surface area contributed by atoms with Gasteiger partial charge in [0.05, 0.1) is 5.69 Å². The third-order valence-electron chi connectivity index (χ3n) is 3.02. The highest BCUT2D eigenvalue weighted by Gasteiger charge is 2.20. The molecule has 3 rings (SSSR count). The quantitative estimate of drug-likeness (QED) is 0.875. The fourth-order valence-electron chi connectivity index (χ4n) is 1.78. The third-order valence-corrected chi connectivity index (χ3v) is 3.51. The van der Waals surface area contributed by atoms with Crippen LogP contribution in [0.15, 0.2) is 33.3 Å². The van der Waals surface area contributed by atoms with Crippen LogP contribution in [0.2, 0.25) is 0 Å². The highest BCUT2D eigenvalue weighted by atomic mass is 79.9. The molecule has 0 aliphatic heterocycles. The normalized spacial score (nSPS) is 14.5. The summed E-state index contributed by atoms with van der Waals surface area (Å²) in [5.74, 6) is 0.369. The Morgan fingerprint density at radius 1 is 1.40 bits per heavy atom. The summed E-state index contributed by atoms with van der Waals surface area (Å²) < 4.78 is 24.8. The SMILES string of the molecule is Fc1ccc(Br)cc1OCc1cc(CNC2CC2)no1. The average molecular weight is 341 g/mol. The number of hydrogen-bond acceptors (Lipinski definition) is 4. The molecule has 6 heteroatoms. The zero-order valence-corrected chi connectivity index (χ0v) is 12.3. The van der Waals surface area contributed by atoms with Crippen molar-refractivity contribution in [3.05, 3.63) is 46.0 Å². The van der Waals surface area contributed by atoms with Gasteiger partial charge >= 0.3 is 0 Å². The minimum Gasteiger partial charge on any atom is -0.482 e. The fourth-order valence-corrected chi connectivity index (χ4v) is 2.12. The van der Waals surface area contributed by atoms with E-state index in [1.807, 2.05) is 6.07 Å². The van der Waals surface area contributed by atoms with Gasteiger partial charge in [-0.1, -0.05) is 21.1 Å². The van der Waals surface area contributed by atoms with Crippen LogP contribution >= 0.6 is 15.9 Å². The molecule has 1 N–H and O–H groups in total. The van der Waals surface area contributed by atoms with Gasteiger partial charge in [-0.25, -0.2) is 4.39 Å². The van der Waals surface area contributed by atoms with Crippen LogP contribution in [-0.2, 0) is 13.2 Å². The molecular formula is C14H14BrFN2O2. The molecule has 0 saturated heterocycles. The zero-order valence-electron chi connectivity index (χ0n) is 10.7. The molecule has 0 atom stereocenters. The topological polar surface area (TPSA) is 47.3 Å². The van der Waals surface area contributed by atoms with Crippen LogP contribution in [0.5, 0.6) is 5.75 Å². The Morgan fingerprint density at radius 3 is 3.05 bits per heavy atom. The lowest BCUT2D eigenvalue weighted by Crippen LogP contribution is -2.15. The molecule has 0 amide bonds. The Kier molecular flexibility index (Phi) is 4.03. The van der Waals surface area contributed by atoms with Crippen LogP contribution < -0.4 is 10.1 Å². The van der Waals surface area contributed by atoms with Crippen molar-refractivity contribution in [1.82, 2.24) is 10.5 Å². The van der Waals surface area contributed by atoms with E-state index in [9.17, 15) is 4.39 Å². The van der Waals surface area contributed by atoms with E-state index in [1.54, 1.807) is 12.1 Å². The highest BCUT2D eigenvalue weighted by molar-refractivity contribution is 9.10. The number of aromatic nitrogens is 1. The third kappa shape index (κ3) is 3.58. The Labute approximate surface area is 124 Å². The van der Waals surface area contributed by atoms with Crippen molar-refractivity contribution >= 4 is 15.9 Å². The summed E-state index contributed by atoms with van der Waals surface area (Å²) in [6, 6.07) is 7.01. The number of ether oxygens (including phenoxy) is 1. The summed E-state index contributed by atoms with van der Waals surface area (Å²) in [6.45, 7) is 0.850. The average Bonchev–Trinajstić information content (AvgIpc) is 3.16. The number of benzene rings is 1. The van der Waals surface area contributed by atoms with Crippen molar-refractivity contribution in [3.63, 3.8) is 0 Å². The Hall–Kier alpha value is -1.40. The maximum absolute atomic E-state index is 13.5. The molecule has 0 unspecified atom stereocenters. The minimum atomic E-state index is -0.400. The molecule has 20 heavy (non-hydrogen) atoms. The largest absolute Gasteiger partial charge is 0.482 e. The number of hydrogen-bond donors (Lipinski definition) is 1. The van der Waals surface area contributed by atoms with Crippen LogP contribution in [0, 0.1) is 5.82 Å². The number of nitrogens with zero attached hydrogens (tertiary/aromatic N) is 1. The lowest BCUT2D eigenvalue weighted by atomic mass is 10.3. The molecule has 1 aliphatic carbocycles. The molecule has 0 radical (unpaired) electrons. The molecule has 1 saturated carbocycles. The van der Waals surface area contributed by atoms with Crippen LogP contribution in [0.25, 0.3) is 0 Å². The maximum Gasteiger partial charge on any atom is 0.174 e. The van der Waals surface area contributed by atoms with Gasteiger partial charge in [-0.2, -0.15) is 0 Å². The second-order valence-electron chi connectivity index (χ2n) is 4.80. The molecule has 106 valence electrons. The van der Waals surface area contributed by atoms with Gasteiger partial charge in [-0.05, 0) is 31.0 Å². The number of rotatable bonds is 6. The van der Waals surface area contributed by atoms with Gasteiger partial charge in [-0.15, -0.1) is 0 Å². The highest BCUT2D eigenvalue weighted by Crippen LogP contribution is 2.23. The predicted molar refractivity (Wildman–Crippen MR) is 74.8 cm³/mol. The Morgan fingerprint density at radius 2 is 2.25 bits per heavy atom. The zero-order chi connectivity index (χ0) is 13.9. The van der Waals surface area contributed by atoms with Crippen molar-refractivity contribution in [2.24, 2.45) is 0 Å². The minimum absolute atomic E-state index is 0.157. The van der Waals surface area contributed by atoms with Gasteiger partial charge in [0.15, 0.2) is 17.3 Å². The van der Waals surface area contributed by atoms with E-state index in [-0.39, 0.29) is 12.4 Å². The maximum atomic E-state index is 13.5. The van der Waals surface area contributed by atoms with Crippen molar-refractivity contribution in [2.75, 3.05) is 0 Å². The molecule has 1 heterocycles. The first-order valence-corrected chi connectivity index (χ1v) is 7.26. The van der Waals surface area contributed by atoms with Gasteiger partial charge in [-0.3, -0.25) is 0 Å². The molecule has 4 nitrogen and oxygen atoms in total. The smallest absolute Gasteiger partial charge is 0.174 e. The first kappa shape index (κ1) is 13.6. The molecule has 1 fully saturated rings. The van der Waals surface area contributed by atoms with Crippen molar-refractivity contribution in [1.29, 1.82) is 0 Å². The van der Waals surface area contributed by atoms with E-state index < -0.39 is 5.82 Å². The number of nitrogens with one attached hydrogen (secondary N) is 1. The predicted octanol–water partition coefficient (Wildman–Crippen LogP) is 3.41. The summed E-state index contributed by atoms with van der Waals surface area (Å²) in [7, 11) is 0. The van der Waals surface area contributed by atoms with Crippen LogP contribution in [0.3, 0.4) is 0 Å². The summed E-state index contributed by atoms with van der Waals surface area (Å²) in [5, 5.41) is 7.29. The van der Waals surface area contributed by atoms with Crippen LogP contribution in [0.4, 0.5) is 4.39 Å².